The molecule has 0 unspecified atom stereocenters. The zero-order chi connectivity index (χ0) is 10.1. The molecule has 0 atom stereocenters. The van der Waals surface area contributed by atoms with Gasteiger partial charge in [-0.05, 0) is 31.4 Å². The van der Waals surface area contributed by atoms with Crippen LogP contribution in [-0.4, -0.2) is 18.0 Å². The van der Waals surface area contributed by atoms with Crippen LogP contribution in [0.15, 0.2) is 23.2 Å². The van der Waals surface area contributed by atoms with Crippen molar-refractivity contribution in [2.24, 2.45) is 4.99 Å². The molecule has 0 bridgehead atoms. The van der Waals surface area contributed by atoms with E-state index in [0.29, 0.717) is 0 Å². The number of aliphatic imine (C=N–C) groups is 1. The largest absolute Gasteiger partial charge is 0.295 e. The highest BCUT2D eigenvalue weighted by Crippen LogP contribution is 2.20. The molecule has 0 spiro atoms. The highest BCUT2D eigenvalue weighted by atomic mass is 16.1. The number of rotatable bonds is 1. The van der Waals surface area contributed by atoms with E-state index in [0.717, 1.165) is 29.8 Å². The summed E-state index contributed by atoms with van der Waals surface area (Å²) in [6.45, 7) is 4.43. The van der Waals surface area contributed by atoms with Crippen LogP contribution in [0, 0.1) is 0 Å². The van der Waals surface area contributed by atoms with Gasteiger partial charge in [-0.25, -0.2) is 0 Å². The fourth-order valence-electron chi connectivity index (χ4n) is 1.95. The molecule has 2 nitrogen and oxygen atoms in total. The van der Waals surface area contributed by atoms with Crippen molar-refractivity contribution in [3.63, 3.8) is 0 Å². The molecule has 0 saturated heterocycles. The van der Waals surface area contributed by atoms with E-state index in [9.17, 15) is 4.79 Å². The van der Waals surface area contributed by atoms with Crippen LogP contribution in [0.4, 0.5) is 0 Å². The summed E-state index contributed by atoms with van der Waals surface area (Å²) in [4.78, 5) is 15.8. The summed E-state index contributed by atoms with van der Waals surface area (Å²) in [6.07, 6.45) is 0.891. The molecule has 0 N–H and O–H groups in total. The lowest BCUT2D eigenvalue weighted by molar-refractivity contribution is 0.101. The SMILES string of the molecule is CC(=O)c1cccc2c1CCN=C2C. The van der Waals surface area contributed by atoms with E-state index >= 15 is 0 Å². The van der Waals surface area contributed by atoms with Gasteiger partial charge in [-0.3, -0.25) is 9.79 Å². The molecule has 1 aliphatic heterocycles. The number of carbonyl (C=O) groups is 1. The minimum absolute atomic E-state index is 0.150. The zero-order valence-corrected chi connectivity index (χ0v) is 8.50. The van der Waals surface area contributed by atoms with E-state index in [1.165, 1.54) is 5.56 Å². The average molecular weight is 187 g/mol. The maximum absolute atomic E-state index is 11.4. The third-order valence-corrected chi connectivity index (χ3v) is 2.66. The molecule has 2 heteroatoms. The molecular weight excluding hydrogens is 174 g/mol. The van der Waals surface area contributed by atoms with Crippen LogP contribution in [0.2, 0.25) is 0 Å². The lowest BCUT2D eigenvalue weighted by Gasteiger charge is -2.16. The fraction of sp³-hybridized carbons (Fsp3) is 0.333. The van der Waals surface area contributed by atoms with E-state index in [-0.39, 0.29) is 5.78 Å². The lowest BCUT2D eigenvalue weighted by atomic mass is 9.92. The Kier molecular flexibility index (Phi) is 2.20. The van der Waals surface area contributed by atoms with Crippen molar-refractivity contribution >= 4 is 11.5 Å². The van der Waals surface area contributed by atoms with E-state index in [1.807, 2.05) is 25.1 Å². The summed E-state index contributed by atoms with van der Waals surface area (Å²) in [5, 5.41) is 0. The minimum Gasteiger partial charge on any atom is -0.295 e. The van der Waals surface area contributed by atoms with Gasteiger partial charge in [-0.1, -0.05) is 18.2 Å². The number of ketones is 1. The van der Waals surface area contributed by atoms with E-state index in [2.05, 4.69) is 4.99 Å². The first kappa shape index (κ1) is 9.13. The van der Waals surface area contributed by atoms with Crippen LogP contribution in [-0.2, 0) is 6.42 Å². The van der Waals surface area contributed by atoms with E-state index < -0.39 is 0 Å². The van der Waals surface area contributed by atoms with Gasteiger partial charge in [0.15, 0.2) is 5.78 Å². The summed E-state index contributed by atoms with van der Waals surface area (Å²) < 4.78 is 0. The number of carbonyl (C=O) groups excluding carboxylic acids is 1. The monoisotopic (exact) mass is 187 g/mol. The summed E-state index contributed by atoms with van der Waals surface area (Å²) in [6, 6.07) is 5.87. The zero-order valence-electron chi connectivity index (χ0n) is 8.50. The topological polar surface area (TPSA) is 29.4 Å². The second-order valence-corrected chi connectivity index (χ2v) is 3.61. The van der Waals surface area contributed by atoms with Gasteiger partial charge < -0.3 is 0 Å². The number of benzene rings is 1. The fourth-order valence-corrected chi connectivity index (χ4v) is 1.95. The van der Waals surface area contributed by atoms with E-state index in [1.54, 1.807) is 6.92 Å². The number of hydrogen-bond acceptors (Lipinski definition) is 2. The minimum atomic E-state index is 0.150. The van der Waals surface area contributed by atoms with Crippen molar-refractivity contribution in [1.29, 1.82) is 0 Å². The molecule has 0 radical (unpaired) electrons. The Hall–Kier alpha value is -1.44. The molecule has 0 aliphatic carbocycles. The summed E-state index contributed by atoms with van der Waals surface area (Å²) in [5.41, 5.74) is 4.22. The van der Waals surface area contributed by atoms with Gasteiger partial charge in [-0.15, -0.1) is 0 Å². The highest BCUT2D eigenvalue weighted by molar-refractivity contribution is 6.05. The maximum atomic E-state index is 11.4. The molecule has 1 aromatic carbocycles. The summed E-state index contributed by atoms with van der Waals surface area (Å²) in [5.74, 6) is 0.150. The smallest absolute Gasteiger partial charge is 0.160 e. The molecule has 14 heavy (non-hydrogen) atoms. The van der Waals surface area contributed by atoms with Crippen molar-refractivity contribution in [1.82, 2.24) is 0 Å². The Morgan fingerprint density at radius 2 is 2.21 bits per heavy atom. The van der Waals surface area contributed by atoms with Crippen LogP contribution in [0.25, 0.3) is 0 Å². The third kappa shape index (κ3) is 1.37. The Balaban J connectivity index is 2.63. The normalized spacial score (nSPS) is 14.6. The second-order valence-electron chi connectivity index (χ2n) is 3.61. The van der Waals surface area contributed by atoms with Gasteiger partial charge in [0.2, 0.25) is 0 Å². The molecular formula is C12H13NO. The average Bonchev–Trinajstić information content (AvgIpc) is 2.17. The number of fused-ring (bicyclic) bond motifs is 1. The molecule has 72 valence electrons. The van der Waals surface area contributed by atoms with Crippen LogP contribution in [0.1, 0.15) is 35.3 Å². The van der Waals surface area contributed by atoms with Crippen molar-refractivity contribution < 1.29 is 4.79 Å². The Bertz CT molecular complexity index is 418. The first-order chi connectivity index (χ1) is 6.70. The van der Waals surface area contributed by atoms with E-state index in [4.69, 9.17) is 0 Å². The molecule has 1 aromatic rings. The lowest BCUT2D eigenvalue weighted by Crippen LogP contribution is -2.13. The Morgan fingerprint density at radius 1 is 1.43 bits per heavy atom. The van der Waals surface area contributed by atoms with Gasteiger partial charge in [0.1, 0.15) is 0 Å². The first-order valence-electron chi connectivity index (χ1n) is 4.84. The van der Waals surface area contributed by atoms with Gasteiger partial charge in [0.05, 0.1) is 0 Å². The third-order valence-electron chi connectivity index (χ3n) is 2.66. The first-order valence-corrected chi connectivity index (χ1v) is 4.84. The highest BCUT2D eigenvalue weighted by Gasteiger charge is 2.15. The Morgan fingerprint density at radius 3 is 2.93 bits per heavy atom. The van der Waals surface area contributed by atoms with Gasteiger partial charge >= 0.3 is 0 Å². The molecule has 1 aliphatic rings. The van der Waals surface area contributed by atoms with Crippen molar-refractivity contribution in [3.8, 4) is 0 Å². The van der Waals surface area contributed by atoms with Gasteiger partial charge in [0.25, 0.3) is 0 Å². The Labute approximate surface area is 83.7 Å². The van der Waals surface area contributed by atoms with Gasteiger partial charge in [-0.2, -0.15) is 0 Å². The van der Waals surface area contributed by atoms with Crippen molar-refractivity contribution in [2.75, 3.05) is 6.54 Å². The van der Waals surface area contributed by atoms with Crippen molar-refractivity contribution in [2.45, 2.75) is 20.3 Å². The number of Topliss-reactive ketones (excluding diaryl/α,β-unsaturated/α-hetero) is 1. The number of nitrogens with zero attached hydrogens (tertiary/aromatic N) is 1. The number of hydrogen-bond donors (Lipinski definition) is 0. The second kappa shape index (κ2) is 3.37. The van der Waals surface area contributed by atoms with Crippen LogP contribution in [0.3, 0.4) is 0 Å². The van der Waals surface area contributed by atoms with Crippen molar-refractivity contribution in [3.05, 3.63) is 34.9 Å². The summed E-state index contributed by atoms with van der Waals surface area (Å²) in [7, 11) is 0. The standard InChI is InChI=1S/C12H13NO/c1-8-10-4-3-5-11(9(2)14)12(10)6-7-13-8/h3-5H,6-7H2,1-2H3. The molecule has 0 fully saturated rings. The summed E-state index contributed by atoms with van der Waals surface area (Å²) >= 11 is 0. The van der Waals surface area contributed by atoms with Gasteiger partial charge in [0, 0.05) is 17.8 Å². The van der Waals surface area contributed by atoms with Crippen LogP contribution < -0.4 is 0 Å². The predicted octanol–water partition coefficient (Wildman–Crippen LogP) is 2.25. The predicted molar refractivity (Wildman–Crippen MR) is 57.2 cm³/mol. The quantitative estimate of drug-likeness (QED) is 0.620. The van der Waals surface area contributed by atoms with Crippen LogP contribution >= 0.6 is 0 Å². The molecule has 1 heterocycles. The molecule has 2 rings (SSSR count). The molecule has 0 aromatic heterocycles. The maximum Gasteiger partial charge on any atom is 0.160 e. The van der Waals surface area contributed by atoms with Crippen LogP contribution in [0.5, 0.6) is 0 Å². The molecule has 0 amide bonds. The molecule has 0 saturated carbocycles.